The third-order valence-electron chi connectivity index (χ3n) is 3.87. The summed E-state index contributed by atoms with van der Waals surface area (Å²) in [5.74, 6) is 2.49. The summed E-state index contributed by atoms with van der Waals surface area (Å²) in [5, 5.41) is 0.725. The molecule has 2 atom stereocenters. The highest BCUT2D eigenvalue weighted by Gasteiger charge is 2.36. The maximum Gasteiger partial charge on any atom is 0.184 e. The Morgan fingerprint density at radius 3 is 2.40 bits per heavy atom. The maximum absolute atomic E-state index is 5.58. The first kappa shape index (κ1) is 15.8. The van der Waals surface area contributed by atoms with Gasteiger partial charge in [-0.05, 0) is 54.1 Å². The van der Waals surface area contributed by atoms with Crippen molar-refractivity contribution in [3.8, 4) is 5.75 Å². The van der Waals surface area contributed by atoms with E-state index in [2.05, 4.69) is 4.99 Å². The van der Waals surface area contributed by atoms with E-state index in [-0.39, 0.29) is 11.3 Å². The van der Waals surface area contributed by atoms with Gasteiger partial charge in [-0.1, -0.05) is 11.8 Å². The molecule has 2 aromatic heterocycles. The lowest BCUT2D eigenvalue weighted by Crippen LogP contribution is -1.99. The third kappa shape index (κ3) is 3.39. The van der Waals surface area contributed by atoms with Crippen LogP contribution in [-0.4, -0.2) is 18.5 Å². The van der Waals surface area contributed by atoms with Crippen LogP contribution in [0.1, 0.15) is 28.4 Å². The van der Waals surface area contributed by atoms with Crippen LogP contribution in [0.15, 0.2) is 79.9 Å². The number of nitrogens with zero attached hydrogens (tertiary/aromatic N) is 2. The van der Waals surface area contributed by atoms with Gasteiger partial charge in [0.25, 0.3) is 0 Å². The van der Waals surface area contributed by atoms with Gasteiger partial charge >= 0.3 is 0 Å². The van der Waals surface area contributed by atoms with Crippen molar-refractivity contribution >= 4 is 23.1 Å². The SMILES string of the molecule is COc1ccc(C=NC2=N[C@@H](c3ccco3)[C@@H](c3ccco3)S2)cc1. The van der Waals surface area contributed by atoms with Crippen molar-refractivity contribution in [1.29, 1.82) is 0 Å². The molecule has 0 unspecified atom stereocenters. The molecule has 25 heavy (non-hydrogen) atoms. The fourth-order valence-electron chi connectivity index (χ4n) is 2.62. The van der Waals surface area contributed by atoms with Crippen molar-refractivity contribution in [2.45, 2.75) is 11.3 Å². The molecule has 0 fully saturated rings. The van der Waals surface area contributed by atoms with Gasteiger partial charge in [0.05, 0.1) is 19.6 Å². The molecule has 1 aliphatic heterocycles. The standard InChI is InChI=1S/C19H16N2O3S/c1-22-14-8-6-13(7-9-14)12-20-19-21-17(15-4-2-10-23-15)18(25-19)16-5-3-11-24-16/h2-12,17-18H,1H3/t17-,18+/m0/s1. The van der Waals surface area contributed by atoms with Gasteiger partial charge < -0.3 is 13.6 Å². The largest absolute Gasteiger partial charge is 0.497 e. The average molecular weight is 352 g/mol. The number of thioether (sulfide) groups is 1. The van der Waals surface area contributed by atoms with Crippen molar-refractivity contribution in [2.24, 2.45) is 9.98 Å². The van der Waals surface area contributed by atoms with Crippen LogP contribution in [-0.2, 0) is 0 Å². The first-order chi connectivity index (χ1) is 12.3. The quantitative estimate of drug-likeness (QED) is 0.628. The summed E-state index contributed by atoms with van der Waals surface area (Å²) in [4.78, 5) is 9.25. The molecule has 0 aliphatic carbocycles. The van der Waals surface area contributed by atoms with Crippen LogP contribution in [0.3, 0.4) is 0 Å². The highest BCUT2D eigenvalue weighted by molar-refractivity contribution is 8.14. The van der Waals surface area contributed by atoms with Gasteiger partial charge in [0.2, 0.25) is 0 Å². The van der Waals surface area contributed by atoms with Crippen molar-refractivity contribution < 1.29 is 13.6 Å². The number of hydrogen-bond donors (Lipinski definition) is 0. The number of ether oxygens (including phenoxy) is 1. The van der Waals surface area contributed by atoms with Crippen LogP contribution in [0.5, 0.6) is 5.75 Å². The Labute approximate surface area is 149 Å². The van der Waals surface area contributed by atoms with E-state index >= 15 is 0 Å². The third-order valence-corrected chi connectivity index (χ3v) is 5.03. The lowest BCUT2D eigenvalue weighted by Gasteiger charge is -2.11. The highest BCUT2D eigenvalue weighted by atomic mass is 32.2. The second-order valence-corrected chi connectivity index (χ2v) is 6.57. The van der Waals surface area contributed by atoms with Crippen LogP contribution in [0.4, 0.5) is 0 Å². The first-order valence-electron chi connectivity index (χ1n) is 7.83. The van der Waals surface area contributed by atoms with E-state index in [1.807, 2.05) is 48.5 Å². The molecule has 1 aliphatic rings. The molecule has 3 heterocycles. The van der Waals surface area contributed by atoms with E-state index in [4.69, 9.17) is 18.6 Å². The highest BCUT2D eigenvalue weighted by Crippen LogP contribution is 2.48. The molecule has 0 radical (unpaired) electrons. The molecule has 0 saturated heterocycles. The molecule has 0 bridgehead atoms. The summed E-state index contributed by atoms with van der Waals surface area (Å²) in [6.07, 6.45) is 5.13. The minimum absolute atomic E-state index is 0.0177. The summed E-state index contributed by atoms with van der Waals surface area (Å²) >= 11 is 1.58. The van der Waals surface area contributed by atoms with Crippen molar-refractivity contribution in [2.75, 3.05) is 7.11 Å². The Morgan fingerprint density at radius 1 is 1.04 bits per heavy atom. The van der Waals surface area contributed by atoms with Gasteiger partial charge in [0, 0.05) is 6.21 Å². The molecular weight excluding hydrogens is 336 g/mol. The smallest absolute Gasteiger partial charge is 0.184 e. The second kappa shape index (κ2) is 7.03. The number of hydrogen-bond acceptors (Lipinski definition) is 6. The van der Waals surface area contributed by atoms with Gasteiger partial charge in [-0.15, -0.1) is 0 Å². The molecule has 0 N–H and O–H groups in total. The van der Waals surface area contributed by atoms with E-state index in [1.165, 1.54) is 0 Å². The van der Waals surface area contributed by atoms with Crippen molar-refractivity contribution in [1.82, 2.24) is 0 Å². The molecule has 0 amide bonds. The predicted octanol–water partition coefficient (Wildman–Crippen LogP) is 4.89. The zero-order chi connectivity index (χ0) is 17.1. The Balaban J connectivity index is 1.57. The fourth-order valence-corrected chi connectivity index (χ4v) is 3.71. The molecule has 3 aromatic rings. The van der Waals surface area contributed by atoms with E-state index < -0.39 is 0 Å². The van der Waals surface area contributed by atoms with E-state index in [0.29, 0.717) is 5.17 Å². The number of methoxy groups -OCH3 is 1. The maximum atomic E-state index is 5.58. The molecule has 5 nitrogen and oxygen atoms in total. The summed E-state index contributed by atoms with van der Waals surface area (Å²) in [6, 6.07) is 15.2. The van der Waals surface area contributed by atoms with E-state index in [1.54, 1.807) is 37.6 Å². The van der Waals surface area contributed by atoms with E-state index in [9.17, 15) is 0 Å². The molecule has 126 valence electrons. The monoisotopic (exact) mass is 352 g/mol. The van der Waals surface area contributed by atoms with E-state index in [0.717, 1.165) is 22.8 Å². The van der Waals surface area contributed by atoms with Gasteiger partial charge in [-0.3, -0.25) is 0 Å². The Kier molecular flexibility index (Phi) is 4.43. The predicted molar refractivity (Wildman–Crippen MR) is 98.5 cm³/mol. The van der Waals surface area contributed by atoms with Crippen LogP contribution in [0.25, 0.3) is 0 Å². The van der Waals surface area contributed by atoms with Crippen LogP contribution >= 0.6 is 11.8 Å². The number of benzene rings is 1. The molecular formula is C19H16N2O3S. The molecule has 1 aromatic carbocycles. The summed E-state index contributed by atoms with van der Waals surface area (Å²) in [7, 11) is 1.65. The number of furan rings is 2. The summed E-state index contributed by atoms with van der Waals surface area (Å²) in [5.41, 5.74) is 0.986. The van der Waals surface area contributed by atoms with Crippen molar-refractivity contribution in [3.05, 3.63) is 78.1 Å². The second-order valence-electron chi connectivity index (χ2n) is 5.46. The fraction of sp³-hybridized carbons (Fsp3) is 0.158. The minimum atomic E-state index is -0.144. The van der Waals surface area contributed by atoms with Gasteiger partial charge in [0.15, 0.2) is 5.17 Å². The zero-order valence-electron chi connectivity index (χ0n) is 13.5. The summed E-state index contributed by atoms with van der Waals surface area (Å²) < 4.78 is 16.3. The molecule has 6 heteroatoms. The first-order valence-corrected chi connectivity index (χ1v) is 8.71. The zero-order valence-corrected chi connectivity index (χ0v) is 14.3. The normalized spacial score (nSPS) is 20.1. The Morgan fingerprint density at radius 2 is 1.76 bits per heavy atom. The molecule has 0 saturated carbocycles. The topological polar surface area (TPSA) is 60.2 Å². The summed E-state index contributed by atoms with van der Waals surface area (Å²) in [6.45, 7) is 0. The van der Waals surface area contributed by atoms with Crippen LogP contribution in [0.2, 0.25) is 0 Å². The Hall–Kier alpha value is -2.73. The number of aliphatic imine (C=N–C) groups is 2. The number of rotatable bonds is 4. The van der Waals surface area contributed by atoms with Gasteiger partial charge in [-0.25, -0.2) is 9.98 Å². The minimum Gasteiger partial charge on any atom is -0.497 e. The lowest BCUT2D eigenvalue weighted by molar-refractivity contribution is 0.415. The molecule has 4 rings (SSSR count). The van der Waals surface area contributed by atoms with Crippen molar-refractivity contribution in [3.63, 3.8) is 0 Å². The Bertz CT molecular complexity index is 868. The average Bonchev–Trinajstić information content (AvgIpc) is 3.41. The van der Waals surface area contributed by atoms with Crippen LogP contribution in [0, 0.1) is 0 Å². The number of amidine groups is 1. The van der Waals surface area contributed by atoms with Gasteiger partial charge in [-0.2, -0.15) is 0 Å². The van der Waals surface area contributed by atoms with Gasteiger partial charge in [0.1, 0.15) is 28.6 Å². The van der Waals surface area contributed by atoms with Crippen LogP contribution < -0.4 is 4.74 Å². The lowest BCUT2D eigenvalue weighted by atomic mass is 10.1. The molecule has 0 spiro atoms.